The summed E-state index contributed by atoms with van der Waals surface area (Å²) in [6.45, 7) is 5.03. The highest BCUT2D eigenvalue weighted by atomic mass is 16.5. The van der Waals surface area contributed by atoms with Crippen molar-refractivity contribution >= 4 is 5.91 Å². The molecule has 28 heavy (non-hydrogen) atoms. The van der Waals surface area contributed by atoms with Crippen molar-refractivity contribution in [1.29, 1.82) is 0 Å². The van der Waals surface area contributed by atoms with Crippen molar-refractivity contribution in [2.75, 3.05) is 32.8 Å². The smallest absolute Gasteiger partial charge is 0.225 e. The Morgan fingerprint density at radius 1 is 1.00 bits per heavy atom. The van der Waals surface area contributed by atoms with E-state index in [0.29, 0.717) is 23.8 Å². The lowest BCUT2D eigenvalue weighted by atomic mass is 9.94. The minimum absolute atomic E-state index is 0.278. The molecule has 0 aromatic heterocycles. The summed E-state index contributed by atoms with van der Waals surface area (Å²) in [6.07, 6.45) is 9.63. The maximum Gasteiger partial charge on any atom is 0.225 e. The van der Waals surface area contributed by atoms with Gasteiger partial charge in [0.15, 0.2) is 0 Å². The number of carbonyl (C=O) groups is 1. The van der Waals surface area contributed by atoms with E-state index in [2.05, 4.69) is 34.1 Å². The largest absolute Gasteiger partial charge is 0.376 e. The van der Waals surface area contributed by atoms with Gasteiger partial charge in [-0.3, -0.25) is 9.69 Å². The summed E-state index contributed by atoms with van der Waals surface area (Å²) in [7, 11) is 0. The van der Waals surface area contributed by atoms with Crippen LogP contribution in [0.2, 0.25) is 0 Å². The summed E-state index contributed by atoms with van der Waals surface area (Å²) in [5, 5.41) is 0. The van der Waals surface area contributed by atoms with Crippen LogP contribution in [0.1, 0.15) is 49.7 Å². The number of hydrogen-bond donors (Lipinski definition) is 0. The van der Waals surface area contributed by atoms with Gasteiger partial charge in [0.1, 0.15) is 0 Å². The molecule has 5 rings (SSSR count). The zero-order chi connectivity index (χ0) is 18.9. The van der Waals surface area contributed by atoms with Crippen molar-refractivity contribution < 1.29 is 9.53 Å². The first-order valence-electron chi connectivity index (χ1n) is 11.5. The standard InChI is InChI=1S/C24H34N2O2/c27-24(19-7-8-19)26(17-23-6-3-13-28-23)16-18-9-11-25(12-10-18)22-14-20-4-1-2-5-21(20)15-22/h1-2,4-5,18-19,22-23H,3,6-17H2. The molecule has 4 heteroatoms. The fraction of sp³-hybridized carbons (Fsp3) is 0.708. The highest BCUT2D eigenvalue weighted by Gasteiger charge is 2.36. The molecule has 1 atom stereocenters. The molecule has 2 aliphatic carbocycles. The maximum absolute atomic E-state index is 12.8. The molecule has 2 aliphatic heterocycles. The summed E-state index contributed by atoms with van der Waals surface area (Å²) in [4.78, 5) is 17.7. The van der Waals surface area contributed by atoms with Crippen molar-refractivity contribution in [2.24, 2.45) is 11.8 Å². The predicted molar refractivity (Wildman–Crippen MR) is 110 cm³/mol. The van der Waals surface area contributed by atoms with Crippen LogP contribution in [0.3, 0.4) is 0 Å². The Morgan fingerprint density at radius 3 is 2.32 bits per heavy atom. The van der Waals surface area contributed by atoms with E-state index in [-0.39, 0.29) is 6.10 Å². The molecule has 0 N–H and O–H groups in total. The van der Waals surface area contributed by atoms with Crippen LogP contribution in [0.15, 0.2) is 24.3 Å². The Balaban J connectivity index is 1.14. The first-order valence-corrected chi connectivity index (χ1v) is 11.5. The van der Waals surface area contributed by atoms with Gasteiger partial charge in [0.25, 0.3) is 0 Å². The van der Waals surface area contributed by atoms with Gasteiger partial charge in [-0.15, -0.1) is 0 Å². The molecule has 1 aromatic carbocycles. The van der Waals surface area contributed by atoms with Gasteiger partial charge in [0.05, 0.1) is 6.10 Å². The number of hydrogen-bond acceptors (Lipinski definition) is 3. The molecular formula is C24H34N2O2. The fourth-order valence-corrected chi connectivity index (χ4v) is 5.48. The lowest BCUT2D eigenvalue weighted by Crippen LogP contribution is -2.46. The SMILES string of the molecule is O=C(C1CC1)N(CC1CCN(C2Cc3ccccc3C2)CC1)CC1CCCO1. The molecule has 152 valence electrons. The lowest BCUT2D eigenvalue weighted by Gasteiger charge is -2.38. The van der Waals surface area contributed by atoms with Gasteiger partial charge in [-0.25, -0.2) is 0 Å². The van der Waals surface area contributed by atoms with Gasteiger partial charge in [0, 0.05) is 31.7 Å². The highest BCUT2D eigenvalue weighted by Crippen LogP contribution is 2.33. The monoisotopic (exact) mass is 382 g/mol. The second-order valence-electron chi connectivity index (χ2n) is 9.46. The molecule has 0 spiro atoms. The van der Waals surface area contributed by atoms with Crippen LogP contribution in [-0.2, 0) is 22.4 Å². The number of likely N-dealkylation sites (tertiary alicyclic amines) is 1. The lowest BCUT2D eigenvalue weighted by molar-refractivity contribution is -0.135. The Kier molecular flexibility index (Phi) is 5.43. The average Bonchev–Trinajstić information content (AvgIpc) is 3.27. The number of benzene rings is 1. The van der Waals surface area contributed by atoms with E-state index in [4.69, 9.17) is 4.74 Å². The van der Waals surface area contributed by atoms with Gasteiger partial charge in [-0.2, -0.15) is 0 Å². The number of carbonyl (C=O) groups excluding carboxylic acids is 1. The molecule has 4 nitrogen and oxygen atoms in total. The number of rotatable bonds is 6. The van der Waals surface area contributed by atoms with Crippen LogP contribution >= 0.6 is 0 Å². The second-order valence-corrected chi connectivity index (χ2v) is 9.46. The third kappa shape index (κ3) is 4.13. The van der Waals surface area contributed by atoms with Gasteiger partial charge < -0.3 is 9.64 Å². The minimum atomic E-state index is 0.278. The number of amides is 1. The Bertz CT molecular complexity index is 663. The first kappa shape index (κ1) is 18.6. The maximum atomic E-state index is 12.8. The summed E-state index contributed by atoms with van der Waals surface area (Å²) in [5.41, 5.74) is 3.10. The molecule has 0 bridgehead atoms. The minimum Gasteiger partial charge on any atom is -0.376 e. The Morgan fingerprint density at radius 2 is 1.71 bits per heavy atom. The number of piperidine rings is 1. The van der Waals surface area contributed by atoms with Gasteiger partial charge >= 0.3 is 0 Å². The zero-order valence-corrected chi connectivity index (χ0v) is 17.0. The first-order chi connectivity index (χ1) is 13.8. The molecule has 2 heterocycles. The van der Waals surface area contributed by atoms with Crippen LogP contribution in [0.5, 0.6) is 0 Å². The molecule has 4 aliphatic rings. The molecule has 1 unspecified atom stereocenters. The van der Waals surface area contributed by atoms with Crippen molar-refractivity contribution in [2.45, 2.75) is 63.5 Å². The molecule has 1 saturated carbocycles. The number of fused-ring (bicyclic) bond motifs is 1. The topological polar surface area (TPSA) is 32.8 Å². The van der Waals surface area contributed by atoms with Gasteiger partial charge in [-0.1, -0.05) is 24.3 Å². The zero-order valence-electron chi connectivity index (χ0n) is 17.0. The molecular weight excluding hydrogens is 348 g/mol. The van der Waals surface area contributed by atoms with E-state index in [9.17, 15) is 4.79 Å². The van der Waals surface area contributed by atoms with Crippen molar-refractivity contribution in [3.63, 3.8) is 0 Å². The summed E-state index contributed by atoms with van der Waals surface area (Å²) in [6, 6.07) is 9.64. The summed E-state index contributed by atoms with van der Waals surface area (Å²) >= 11 is 0. The normalized spacial score (nSPS) is 26.5. The number of ether oxygens (including phenoxy) is 1. The van der Waals surface area contributed by atoms with E-state index < -0.39 is 0 Å². The van der Waals surface area contributed by atoms with Crippen molar-refractivity contribution in [3.8, 4) is 0 Å². The highest BCUT2D eigenvalue weighted by molar-refractivity contribution is 5.81. The molecule has 1 amide bonds. The molecule has 2 saturated heterocycles. The van der Waals surface area contributed by atoms with E-state index in [1.54, 1.807) is 11.1 Å². The van der Waals surface area contributed by atoms with Gasteiger partial charge in [-0.05, 0) is 81.5 Å². The third-order valence-corrected chi connectivity index (χ3v) is 7.36. The van der Waals surface area contributed by atoms with E-state index in [1.807, 2.05) is 0 Å². The van der Waals surface area contributed by atoms with E-state index in [0.717, 1.165) is 45.4 Å². The second kappa shape index (κ2) is 8.16. The fourth-order valence-electron chi connectivity index (χ4n) is 5.48. The molecule has 3 fully saturated rings. The quantitative estimate of drug-likeness (QED) is 0.757. The van der Waals surface area contributed by atoms with Crippen molar-refractivity contribution in [1.82, 2.24) is 9.80 Å². The van der Waals surface area contributed by atoms with Crippen LogP contribution in [0.25, 0.3) is 0 Å². The predicted octanol–water partition coefficient (Wildman–Crippen LogP) is 3.28. The van der Waals surface area contributed by atoms with Crippen LogP contribution in [-0.4, -0.2) is 60.6 Å². The van der Waals surface area contributed by atoms with Crippen LogP contribution < -0.4 is 0 Å². The van der Waals surface area contributed by atoms with Crippen LogP contribution in [0.4, 0.5) is 0 Å². The van der Waals surface area contributed by atoms with E-state index >= 15 is 0 Å². The summed E-state index contributed by atoms with van der Waals surface area (Å²) < 4.78 is 5.84. The number of nitrogens with zero attached hydrogens (tertiary/aromatic N) is 2. The molecule has 0 radical (unpaired) electrons. The third-order valence-electron chi connectivity index (χ3n) is 7.36. The Labute approximate surface area is 169 Å². The molecule has 1 aromatic rings. The van der Waals surface area contributed by atoms with Gasteiger partial charge in [0.2, 0.25) is 5.91 Å². The average molecular weight is 383 g/mol. The van der Waals surface area contributed by atoms with E-state index in [1.165, 1.54) is 38.8 Å². The van der Waals surface area contributed by atoms with Crippen LogP contribution in [0, 0.1) is 11.8 Å². The van der Waals surface area contributed by atoms with Crippen molar-refractivity contribution in [3.05, 3.63) is 35.4 Å². The Hall–Kier alpha value is -1.39. The summed E-state index contributed by atoms with van der Waals surface area (Å²) in [5.74, 6) is 1.38.